The van der Waals surface area contributed by atoms with Crippen LogP contribution in [0.3, 0.4) is 0 Å². The Morgan fingerprint density at radius 3 is 2.44 bits per heavy atom. The fraction of sp³-hybridized carbons (Fsp3) is 0.500. The maximum atomic E-state index is 13.7. The highest BCUT2D eigenvalue weighted by Crippen LogP contribution is 2.32. The number of aromatic nitrogens is 3. The number of hydrogen-bond donors (Lipinski definition) is 1. The predicted octanol–water partition coefficient (Wildman–Crippen LogP) is 5.93. The van der Waals surface area contributed by atoms with Crippen LogP contribution in [0, 0.1) is 23.3 Å². The Bertz CT molecular complexity index is 1480. The normalized spacial score (nSPS) is 17.4. The summed E-state index contributed by atoms with van der Waals surface area (Å²) in [7, 11) is 0. The minimum absolute atomic E-state index is 0.0154. The highest BCUT2D eigenvalue weighted by molar-refractivity contribution is 6.34. The van der Waals surface area contributed by atoms with Gasteiger partial charge in [-0.3, -0.25) is 9.88 Å². The number of alkyl halides is 3. The molecule has 41 heavy (non-hydrogen) atoms. The van der Waals surface area contributed by atoms with Crippen LogP contribution in [0.5, 0.6) is 0 Å². The van der Waals surface area contributed by atoms with Crippen LogP contribution >= 0.6 is 11.6 Å². The van der Waals surface area contributed by atoms with E-state index in [0.717, 1.165) is 36.1 Å². The van der Waals surface area contributed by atoms with Gasteiger partial charge in [0.15, 0.2) is 5.15 Å². The number of piperidine rings is 1. The number of fused-ring (bicyclic) bond motifs is 1. The molecule has 0 atom stereocenters. The molecule has 0 bridgehead atoms. The molecule has 216 valence electrons. The molecule has 0 amide bonds. The first-order valence-corrected chi connectivity index (χ1v) is 14.3. The topological polar surface area (TPSA) is 73.0 Å². The maximum Gasteiger partial charge on any atom is 0.406 e. The molecule has 5 rings (SSSR count). The van der Waals surface area contributed by atoms with Crippen LogP contribution in [0.1, 0.15) is 56.5 Å². The summed E-state index contributed by atoms with van der Waals surface area (Å²) in [5, 5.41) is 12.8. The second-order valence-electron chi connectivity index (χ2n) is 11.4. The van der Waals surface area contributed by atoms with Gasteiger partial charge in [0.25, 0.3) is 0 Å². The lowest BCUT2D eigenvalue weighted by atomic mass is 9.91. The summed E-state index contributed by atoms with van der Waals surface area (Å²) in [6.45, 7) is 7.13. The van der Waals surface area contributed by atoms with Crippen molar-refractivity contribution in [3.8, 4) is 18.0 Å². The SMILES string of the molecule is CC(C)(C#N)c1ccc(NC#Cc2cc3c(CN4CCC(N5CCCC5)CC4)cnc(Cl)c3n2CC(F)(F)F)cn1. The fourth-order valence-corrected chi connectivity index (χ4v) is 5.96. The highest BCUT2D eigenvalue weighted by Gasteiger charge is 2.31. The van der Waals surface area contributed by atoms with Gasteiger partial charge in [-0.1, -0.05) is 11.6 Å². The summed E-state index contributed by atoms with van der Waals surface area (Å²) in [4.78, 5) is 13.5. The van der Waals surface area contributed by atoms with Crippen molar-refractivity contribution in [2.24, 2.45) is 0 Å². The molecule has 0 unspecified atom stereocenters. The number of nitrogens with zero attached hydrogens (tertiary/aromatic N) is 6. The van der Waals surface area contributed by atoms with E-state index >= 15 is 0 Å². The van der Waals surface area contributed by atoms with Gasteiger partial charge >= 0.3 is 6.18 Å². The van der Waals surface area contributed by atoms with Gasteiger partial charge in [-0.15, -0.1) is 0 Å². The van der Waals surface area contributed by atoms with E-state index in [2.05, 4.69) is 43.1 Å². The van der Waals surface area contributed by atoms with Crippen molar-refractivity contribution in [2.45, 2.75) is 70.3 Å². The van der Waals surface area contributed by atoms with Crippen molar-refractivity contribution in [1.82, 2.24) is 24.3 Å². The van der Waals surface area contributed by atoms with E-state index < -0.39 is 18.1 Å². The molecule has 0 saturated carbocycles. The molecular weight excluding hydrogens is 551 g/mol. The molecule has 3 aromatic rings. The zero-order valence-electron chi connectivity index (χ0n) is 23.2. The van der Waals surface area contributed by atoms with E-state index in [0.29, 0.717) is 29.4 Å². The minimum Gasteiger partial charge on any atom is -0.322 e. The Hall–Kier alpha value is -3.31. The lowest BCUT2D eigenvalue weighted by Gasteiger charge is -2.36. The van der Waals surface area contributed by atoms with E-state index in [4.69, 9.17) is 11.6 Å². The first-order chi connectivity index (χ1) is 19.5. The Morgan fingerprint density at radius 2 is 1.80 bits per heavy atom. The molecule has 2 fully saturated rings. The summed E-state index contributed by atoms with van der Waals surface area (Å²) < 4.78 is 42.1. The number of likely N-dealkylation sites (tertiary alicyclic amines) is 2. The van der Waals surface area contributed by atoms with E-state index in [1.807, 2.05) is 0 Å². The van der Waals surface area contributed by atoms with Crippen LogP contribution in [-0.2, 0) is 18.5 Å². The van der Waals surface area contributed by atoms with Crippen LogP contribution in [-0.4, -0.2) is 62.7 Å². The monoisotopic (exact) mass is 583 g/mol. The van der Waals surface area contributed by atoms with Gasteiger partial charge in [0.2, 0.25) is 0 Å². The summed E-state index contributed by atoms with van der Waals surface area (Å²) in [5.41, 5.74) is 1.69. The number of nitrogens with one attached hydrogen (secondary N) is 1. The molecule has 0 aromatic carbocycles. The first kappa shape index (κ1) is 29.2. The third-order valence-electron chi connectivity index (χ3n) is 8.00. The molecule has 0 radical (unpaired) electrons. The smallest absolute Gasteiger partial charge is 0.322 e. The molecule has 3 aromatic heterocycles. The van der Waals surface area contributed by atoms with E-state index in [-0.39, 0.29) is 16.4 Å². The number of nitriles is 1. The largest absolute Gasteiger partial charge is 0.406 e. The first-order valence-electron chi connectivity index (χ1n) is 13.9. The van der Waals surface area contributed by atoms with Gasteiger partial charge in [0.05, 0.1) is 40.3 Å². The van der Waals surface area contributed by atoms with Crippen LogP contribution in [0.15, 0.2) is 30.6 Å². The Labute approximate surface area is 243 Å². The molecule has 0 spiro atoms. The van der Waals surface area contributed by atoms with Crippen LogP contribution < -0.4 is 5.32 Å². The van der Waals surface area contributed by atoms with Crippen molar-refractivity contribution in [2.75, 3.05) is 31.5 Å². The maximum absolute atomic E-state index is 13.7. The molecule has 2 aliphatic rings. The summed E-state index contributed by atoms with van der Waals surface area (Å²) in [5.74, 6) is 2.84. The highest BCUT2D eigenvalue weighted by atomic mass is 35.5. The summed E-state index contributed by atoms with van der Waals surface area (Å²) in [6.07, 6.45) is 3.46. The van der Waals surface area contributed by atoms with Gasteiger partial charge in [-0.25, -0.2) is 4.98 Å². The average Bonchev–Trinajstić information content (AvgIpc) is 3.60. The number of halogens is 4. The van der Waals surface area contributed by atoms with E-state index in [1.165, 1.54) is 25.9 Å². The van der Waals surface area contributed by atoms with Crippen LogP contribution in [0.2, 0.25) is 5.15 Å². The van der Waals surface area contributed by atoms with Crippen molar-refractivity contribution < 1.29 is 13.2 Å². The molecule has 0 aliphatic carbocycles. The van der Waals surface area contributed by atoms with Gasteiger partial charge in [-0.05, 0) is 95.4 Å². The Kier molecular flexibility index (Phi) is 8.47. The van der Waals surface area contributed by atoms with Gasteiger partial charge in [0.1, 0.15) is 6.54 Å². The summed E-state index contributed by atoms with van der Waals surface area (Å²) >= 11 is 6.39. The second-order valence-corrected chi connectivity index (χ2v) is 11.7. The molecule has 11 heteroatoms. The fourth-order valence-electron chi connectivity index (χ4n) is 5.71. The number of anilines is 1. The molecule has 5 heterocycles. The van der Waals surface area contributed by atoms with Gasteiger partial charge < -0.3 is 14.8 Å². The summed E-state index contributed by atoms with van der Waals surface area (Å²) in [6, 6.07) is 10.7. The molecule has 2 aliphatic heterocycles. The zero-order valence-corrected chi connectivity index (χ0v) is 24.0. The molecule has 7 nitrogen and oxygen atoms in total. The van der Waals surface area contributed by atoms with E-state index in [9.17, 15) is 18.4 Å². The zero-order chi connectivity index (χ0) is 29.2. The van der Waals surface area contributed by atoms with Gasteiger partial charge in [0, 0.05) is 30.2 Å². The second kappa shape index (κ2) is 11.9. The lowest BCUT2D eigenvalue weighted by Crippen LogP contribution is -2.43. The molecule has 2 saturated heterocycles. The Morgan fingerprint density at radius 1 is 1.07 bits per heavy atom. The quantitative estimate of drug-likeness (QED) is 0.220. The third kappa shape index (κ3) is 6.78. The minimum atomic E-state index is -4.47. The molecule has 1 N–H and O–H groups in total. The van der Waals surface area contributed by atoms with Crippen molar-refractivity contribution >= 4 is 28.2 Å². The molecular formula is C30H33ClF3N7. The standard InChI is InChI=1S/C30H33ClF3N7/c1-29(2,19-35)26-6-5-22(17-37-26)36-10-7-24-15-25-21(16-38-28(31)27(25)41(24)20-30(32,33)34)18-39-13-8-23(9-14-39)40-11-3-4-12-40/h5-6,15-17,23,36H,3-4,8-9,11-14,18,20H2,1-2H3. The number of pyridine rings is 2. The van der Waals surface area contributed by atoms with Crippen molar-refractivity contribution in [3.05, 3.63) is 52.7 Å². The lowest BCUT2D eigenvalue weighted by molar-refractivity contribution is -0.140. The van der Waals surface area contributed by atoms with Crippen molar-refractivity contribution in [3.63, 3.8) is 0 Å². The van der Waals surface area contributed by atoms with Crippen LogP contribution in [0.25, 0.3) is 10.9 Å². The number of hydrogen-bond acceptors (Lipinski definition) is 6. The van der Waals surface area contributed by atoms with Crippen molar-refractivity contribution in [1.29, 1.82) is 5.26 Å². The van der Waals surface area contributed by atoms with Crippen LogP contribution in [0.4, 0.5) is 18.9 Å². The predicted molar refractivity (Wildman–Crippen MR) is 153 cm³/mol. The third-order valence-corrected chi connectivity index (χ3v) is 8.27. The average molecular weight is 584 g/mol. The van der Waals surface area contributed by atoms with Gasteiger partial charge in [-0.2, -0.15) is 18.4 Å². The Balaban J connectivity index is 1.38. The van der Waals surface area contributed by atoms with E-state index in [1.54, 1.807) is 44.4 Å². The number of rotatable bonds is 6.